The van der Waals surface area contributed by atoms with E-state index in [-0.39, 0.29) is 19.1 Å². The number of aliphatic hydroxyl groups excluding tert-OH is 2. The predicted octanol–water partition coefficient (Wildman–Crippen LogP) is 3.29. The average Bonchev–Trinajstić information content (AvgIpc) is 2.67. The largest absolute Gasteiger partial charge is 0.472 e. The van der Waals surface area contributed by atoms with E-state index in [1.807, 2.05) is 0 Å². The zero-order chi connectivity index (χ0) is 21.1. The van der Waals surface area contributed by atoms with Crippen molar-refractivity contribution in [3.63, 3.8) is 0 Å². The number of rotatable bonds is 20. The minimum atomic E-state index is -4.29. The van der Waals surface area contributed by atoms with Crippen LogP contribution in [0.1, 0.15) is 84.0 Å². The summed E-state index contributed by atoms with van der Waals surface area (Å²) in [5.74, 6) is -0.107. The quantitative estimate of drug-likeness (QED) is 0.174. The van der Waals surface area contributed by atoms with Crippen molar-refractivity contribution in [3.05, 3.63) is 0 Å². The number of aliphatic hydroxyl groups is 2. The second-order valence-corrected chi connectivity index (χ2v) is 8.52. The Labute approximate surface area is 169 Å². The summed E-state index contributed by atoms with van der Waals surface area (Å²) in [7, 11) is -4.29. The fourth-order valence-corrected chi connectivity index (χ4v) is 3.42. The third kappa shape index (κ3) is 18.8. The molecular weight excluding hydrogens is 385 g/mol. The first-order valence-electron chi connectivity index (χ1n) is 10.6. The fraction of sp³-hybridized carbons (Fsp3) is 0.947. The lowest BCUT2D eigenvalue weighted by Crippen LogP contribution is -2.27. The molecule has 0 spiro atoms. The molecule has 4 N–H and O–H groups in total. The smallest absolute Gasteiger partial charge is 0.394 e. The Morgan fingerprint density at radius 1 is 0.964 bits per heavy atom. The van der Waals surface area contributed by atoms with Crippen LogP contribution >= 0.6 is 7.82 Å². The number of phosphoric acid groups is 1. The molecular formula is C19H40NO7P. The number of nitrogens with one attached hydrogen (secondary N) is 1. The zero-order valence-electron chi connectivity index (χ0n) is 17.3. The maximum Gasteiger partial charge on any atom is 0.472 e. The van der Waals surface area contributed by atoms with Crippen molar-refractivity contribution in [2.75, 3.05) is 26.4 Å². The highest BCUT2D eigenvalue weighted by molar-refractivity contribution is 7.47. The van der Waals surface area contributed by atoms with Gasteiger partial charge in [0, 0.05) is 13.0 Å². The van der Waals surface area contributed by atoms with Crippen molar-refractivity contribution in [2.24, 2.45) is 0 Å². The predicted molar refractivity (Wildman–Crippen MR) is 109 cm³/mol. The van der Waals surface area contributed by atoms with Gasteiger partial charge in [-0.3, -0.25) is 13.8 Å². The summed E-state index contributed by atoms with van der Waals surface area (Å²) in [5.41, 5.74) is 0. The standard InChI is InChI=1S/C19H40NO7P/c1-2-3-4-5-6-7-8-9-10-11-12-13-19(23)20-14-15-26-28(24,25)27-17-18(22)16-21/h18,21-22H,2-17H2,1H3,(H,20,23)(H,24,25). The van der Waals surface area contributed by atoms with E-state index in [0.29, 0.717) is 6.42 Å². The van der Waals surface area contributed by atoms with Crippen molar-refractivity contribution in [1.82, 2.24) is 5.32 Å². The summed E-state index contributed by atoms with van der Waals surface area (Å²) in [6.45, 7) is 1.08. The molecule has 0 heterocycles. The molecule has 0 aliphatic carbocycles. The Morgan fingerprint density at radius 2 is 1.50 bits per heavy atom. The molecule has 0 saturated carbocycles. The van der Waals surface area contributed by atoms with Crippen molar-refractivity contribution in [3.8, 4) is 0 Å². The van der Waals surface area contributed by atoms with E-state index < -0.39 is 27.1 Å². The van der Waals surface area contributed by atoms with Crippen LogP contribution in [0.25, 0.3) is 0 Å². The van der Waals surface area contributed by atoms with Crippen molar-refractivity contribution in [2.45, 2.75) is 90.1 Å². The number of carbonyl (C=O) groups excluding carboxylic acids is 1. The first kappa shape index (κ1) is 27.5. The van der Waals surface area contributed by atoms with E-state index in [0.717, 1.165) is 19.3 Å². The molecule has 1 amide bonds. The molecule has 0 saturated heterocycles. The van der Waals surface area contributed by atoms with Gasteiger partial charge >= 0.3 is 7.82 Å². The fourth-order valence-electron chi connectivity index (χ4n) is 2.66. The third-order valence-electron chi connectivity index (χ3n) is 4.33. The van der Waals surface area contributed by atoms with Crippen molar-refractivity contribution >= 4 is 13.7 Å². The second-order valence-electron chi connectivity index (χ2n) is 7.07. The van der Waals surface area contributed by atoms with Crippen LogP contribution in [0.3, 0.4) is 0 Å². The van der Waals surface area contributed by atoms with Crippen LogP contribution in [0.5, 0.6) is 0 Å². The average molecular weight is 426 g/mol. The monoisotopic (exact) mass is 425 g/mol. The zero-order valence-corrected chi connectivity index (χ0v) is 18.2. The topological polar surface area (TPSA) is 125 Å². The van der Waals surface area contributed by atoms with Crippen LogP contribution in [0, 0.1) is 0 Å². The normalized spacial score (nSPS) is 14.6. The van der Waals surface area contributed by atoms with Gasteiger partial charge in [0.2, 0.25) is 5.91 Å². The minimum Gasteiger partial charge on any atom is -0.394 e. The Morgan fingerprint density at radius 3 is 2.04 bits per heavy atom. The minimum absolute atomic E-state index is 0.104. The maximum atomic E-state index is 11.7. The molecule has 0 aromatic heterocycles. The molecule has 2 atom stereocenters. The molecule has 8 nitrogen and oxygen atoms in total. The van der Waals surface area contributed by atoms with E-state index in [4.69, 9.17) is 10.2 Å². The SMILES string of the molecule is CCCCCCCCCCCCCC(=O)NCCOP(=O)(O)OCC(O)CO. The lowest BCUT2D eigenvalue weighted by Gasteiger charge is -2.14. The number of amides is 1. The van der Waals surface area contributed by atoms with E-state index in [9.17, 15) is 14.3 Å². The van der Waals surface area contributed by atoms with Gasteiger partial charge in [-0.1, -0.05) is 71.1 Å². The Hall–Kier alpha value is -0.500. The lowest BCUT2D eigenvalue weighted by molar-refractivity contribution is -0.121. The molecule has 0 fully saturated rings. The molecule has 0 aromatic carbocycles. The summed E-state index contributed by atoms with van der Waals surface area (Å²) in [4.78, 5) is 21.0. The van der Waals surface area contributed by atoms with Gasteiger partial charge in [0.1, 0.15) is 6.10 Å². The summed E-state index contributed by atoms with van der Waals surface area (Å²) in [6.07, 6.45) is 12.7. The maximum absolute atomic E-state index is 11.7. The molecule has 168 valence electrons. The highest BCUT2D eigenvalue weighted by atomic mass is 31.2. The molecule has 0 radical (unpaired) electrons. The first-order chi connectivity index (χ1) is 13.4. The van der Waals surface area contributed by atoms with Crippen LogP contribution in [0.15, 0.2) is 0 Å². The van der Waals surface area contributed by atoms with Gasteiger partial charge in [-0.15, -0.1) is 0 Å². The molecule has 0 aliphatic rings. The Balaban J connectivity index is 3.45. The summed E-state index contributed by atoms with van der Waals surface area (Å²) >= 11 is 0. The van der Waals surface area contributed by atoms with Crippen LogP contribution in [0.2, 0.25) is 0 Å². The number of hydrogen-bond acceptors (Lipinski definition) is 6. The van der Waals surface area contributed by atoms with Gasteiger partial charge in [-0.25, -0.2) is 4.57 Å². The number of hydrogen-bond donors (Lipinski definition) is 4. The van der Waals surface area contributed by atoms with E-state index in [2.05, 4.69) is 21.3 Å². The second kappa shape index (κ2) is 18.5. The van der Waals surface area contributed by atoms with Crippen molar-refractivity contribution < 1.29 is 33.5 Å². The van der Waals surface area contributed by atoms with E-state index in [1.54, 1.807) is 0 Å². The molecule has 28 heavy (non-hydrogen) atoms. The molecule has 0 rings (SSSR count). The third-order valence-corrected chi connectivity index (χ3v) is 5.31. The highest BCUT2D eigenvalue weighted by Gasteiger charge is 2.22. The van der Waals surface area contributed by atoms with Gasteiger partial charge in [0.05, 0.1) is 19.8 Å². The Bertz CT molecular complexity index is 423. The van der Waals surface area contributed by atoms with Gasteiger partial charge in [0.25, 0.3) is 0 Å². The number of phosphoric ester groups is 1. The van der Waals surface area contributed by atoms with E-state index >= 15 is 0 Å². The van der Waals surface area contributed by atoms with Gasteiger partial charge in [0.15, 0.2) is 0 Å². The summed E-state index contributed by atoms with van der Waals surface area (Å²) in [6, 6.07) is 0. The molecule has 9 heteroatoms. The van der Waals surface area contributed by atoms with Crippen LogP contribution in [-0.2, 0) is 18.4 Å². The lowest BCUT2D eigenvalue weighted by atomic mass is 10.1. The summed E-state index contributed by atoms with van der Waals surface area (Å²) < 4.78 is 20.6. The number of unbranched alkanes of at least 4 members (excludes halogenated alkanes) is 10. The van der Waals surface area contributed by atoms with Gasteiger partial charge < -0.3 is 20.4 Å². The summed E-state index contributed by atoms with van der Waals surface area (Å²) in [5, 5.41) is 20.3. The van der Waals surface area contributed by atoms with E-state index in [1.165, 1.54) is 51.4 Å². The molecule has 0 bridgehead atoms. The molecule has 2 unspecified atom stereocenters. The van der Waals surface area contributed by atoms with Crippen molar-refractivity contribution in [1.29, 1.82) is 0 Å². The first-order valence-corrected chi connectivity index (χ1v) is 12.1. The van der Waals surface area contributed by atoms with Gasteiger partial charge in [-0.2, -0.15) is 0 Å². The molecule has 0 aromatic rings. The van der Waals surface area contributed by atoms with Crippen LogP contribution in [-0.4, -0.2) is 53.5 Å². The molecule has 0 aliphatic heterocycles. The van der Waals surface area contributed by atoms with Crippen LogP contribution in [0.4, 0.5) is 0 Å². The van der Waals surface area contributed by atoms with Gasteiger partial charge in [-0.05, 0) is 6.42 Å². The van der Waals surface area contributed by atoms with Crippen LogP contribution < -0.4 is 5.32 Å². The highest BCUT2D eigenvalue weighted by Crippen LogP contribution is 2.42. The number of carbonyl (C=O) groups is 1. The Kier molecular flexibility index (Phi) is 18.2.